The molecular weight excluding hydrogens is 226 g/mol. The van der Waals surface area contributed by atoms with Crippen molar-refractivity contribution in [3.63, 3.8) is 0 Å². The summed E-state index contributed by atoms with van der Waals surface area (Å²) < 4.78 is 1.79. The second kappa shape index (κ2) is 6.31. The fourth-order valence-electron chi connectivity index (χ4n) is 1.96. The first-order valence-electron chi connectivity index (χ1n) is 6.28. The average Bonchev–Trinajstić information content (AvgIpc) is 2.81. The van der Waals surface area contributed by atoms with Gasteiger partial charge in [0.25, 0.3) is 0 Å². The highest BCUT2D eigenvalue weighted by Crippen LogP contribution is 2.09. The topological polar surface area (TPSA) is 50.9 Å². The molecule has 0 aliphatic rings. The minimum Gasteiger partial charge on any atom is -0.393 e. The Morgan fingerprint density at radius 3 is 2.61 bits per heavy atom. The number of hydrogen-bond acceptors (Lipinski definition) is 3. The summed E-state index contributed by atoms with van der Waals surface area (Å²) in [6, 6.07) is 3.97. The van der Waals surface area contributed by atoms with E-state index in [1.807, 2.05) is 37.8 Å². The number of hydrogen-bond donors (Lipinski definition) is 1. The Kier molecular flexibility index (Phi) is 4.47. The molecule has 96 valence electrons. The van der Waals surface area contributed by atoms with Crippen LogP contribution in [-0.2, 0) is 19.9 Å². The van der Waals surface area contributed by atoms with Gasteiger partial charge in [0.1, 0.15) is 0 Å². The van der Waals surface area contributed by atoms with E-state index in [-0.39, 0.29) is 6.10 Å². The minimum atomic E-state index is -0.259. The summed E-state index contributed by atoms with van der Waals surface area (Å²) in [4.78, 5) is 4.07. The van der Waals surface area contributed by atoms with Gasteiger partial charge in [0.05, 0.1) is 12.3 Å². The van der Waals surface area contributed by atoms with Gasteiger partial charge in [0, 0.05) is 25.6 Å². The van der Waals surface area contributed by atoms with E-state index in [0.717, 1.165) is 25.7 Å². The summed E-state index contributed by atoms with van der Waals surface area (Å²) in [6.07, 6.45) is 10.5. The predicted octanol–water partition coefficient (Wildman–Crippen LogP) is 1.74. The van der Waals surface area contributed by atoms with Gasteiger partial charge in [-0.2, -0.15) is 5.10 Å². The molecule has 0 radical (unpaired) electrons. The van der Waals surface area contributed by atoms with Crippen LogP contribution in [-0.4, -0.2) is 26.0 Å². The van der Waals surface area contributed by atoms with Gasteiger partial charge < -0.3 is 5.11 Å². The molecule has 0 aliphatic heterocycles. The normalized spacial score (nSPS) is 12.6. The summed E-state index contributed by atoms with van der Waals surface area (Å²) in [5.41, 5.74) is 2.36. The fraction of sp³-hybridized carbons (Fsp3) is 0.429. The molecule has 2 aromatic rings. The summed E-state index contributed by atoms with van der Waals surface area (Å²) in [5.74, 6) is 0. The van der Waals surface area contributed by atoms with Gasteiger partial charge in [-0.1, -0.05) is 6.07 Å². The van der Waals surface area contributed by atoms with Crippen LogP contribution in [0.25, 0.3) is 0 Å². The van der Waals surface area contributed by atoms with Gasteiger partial charge in [0.15, 0.2) is 0 Å². The SMILES string of the molecule is Cn1cc(CCC(O)CCc2cccnc2)cn1. The number of nitrogens with zero attached hydrogens (tertiary/aromatic N) is 3. The smallest absolute Gasteiger partial charge is 0.0546 e. The molecule has 4 nitrogen and oxygen atoms in total. The van der Waals surface area contributed by atoms with E-state index >= 15 is 0 Å². The number of aliphatic hydroxyl groups excluding tert-OH is 1. The molecule has 0 aliphatic carbocycles. The van der Waals surface area contributed by atoms with Crippen LogP contribution in [0, 0.1) is 0 Å². The van der Waals surface area contributed by atoms with Crippen molar-refractivity contribution in [3.05, 3.63) is 48.0 Å². The lowest BCUT2D eigenvalue weighted by atomic mass is 10.0. The largest absolute Gasteiger partial charge is 0.393 e. The molecule has 2 heterocycles. The molecule has 1 N–H and O–H groups in total. The minimum absolute atomic E-state index is 0.259. The highest BCUT2D eigenvalue weighted by Gasteiger charge is 2.06. The van der Waals surface area contributed by atoms with Crippen LogP contribution in [0.4, 0.5) is 0 Å². The molecule has 1 unspecified atom stereocenters. The molecule has 0 fully saturated rings. The van der Waals surface area contributed by atoms with Crippen molar-refractivity contribution >= 4 is 0 Å². The number of aliphatic hydroxyl groups is 1. The quantitative estimate of drug-likeness (QED) is 0.843. The van der Waals surface area contributed by atoms with Crippen molar-refractivity contribution in [3.8, 4) is 0 Å². The van der Waals surface area contributed by atoms with Crippen LogP contribution >= 0.6 is 0 Å². The molecule has 1 atom stereocenters. The first-order valence-corrected chi connectivity index (χ1v) is 6.28. The third-order valence-corrected chi connectivity index (χ3v) is 3.01. The van der Waals surface area contributed by atoms with E-state index in [9.17, 15) is 5.11 Å². The molecule has 0 saturated heterocycles. The lowest BCUT2D eigenvalue weighted by Gasteiger charge is -2.09. The van der Waals surface area contributed by atoms with E-state index in [2.05, 4.69) is 10.1 Å². The summed E-state index contributed by atoms with van der Waals surface area (Å²) in [6.45, 7) is 0. The maximum atomic E-state index is 9.93. The third-order valence-electron chi connectivity index (χ3n) is 3.01. The number of pyridine rings is 1. The van der Waals surface area contributed by atoms with E-state index in [1.54, 1.807) is 10.9 Å². The summed E-state index contributed by atoms with van der Waals surface area (Å²) >= 11 is 0. The van der Waals surface area contributed by atoms with Crippen LogP contribution < -0.4 is 0 Å². The molecule has 0 saturated carbocycles. The monoisotopic (exact) mass is 245 g/mol. The van der Waals surface area contributed by atoms with E-state index < -0.39 is 0 Å². The molecule has 4 heteroatoms. The zero-order valence-corrected chi connectivity index (χ0v) is 10.7. The third kappa shape index (κ3) is 3.96. The van der Waals surface area contributed by atoms with Crippen molar-refractivity contribution < 1.29 is 5.11 Å². The summed E-state index contributed by atoms with van der Waals surface area (Å²) in [5, 5.41) is 14.0. The van der Waals surface area contributed by atoms with Crippen LogP contribution in [0.3, 0.4) is 0 Å². The standard InChI is InChI=1S/C14H19N3O/c1-17-11-13(10-16-17)5-7-14(18)6-4-12-3-2-8-15-9-12/h2-3,8-11,14,18H,4-7H2,1H3. The lowest BCUT2D eigenvalue weighted by Crippen LogP contribution is -2.09. The Balaban J connectivity index is 1.71. The average molecular weight is 245 g/mol. The highest BCUT2D eigenvalue weighted by atomic mass is 16.3. The number of aromatic nitrogens is 3. The number of aryl methyl sites for hydroxylation is 3. The molecule has 18 heavy (non-hydrogen) atoms. The Hall–Kier alpha value is -1.68. The van der Waals surface area contributed by atoms with Crippen molar-refractivity contribution in [1.29, 1.82) is 0 Å². The predicted molar refractivity (Wildman–Crippen MR) is 70.1 cm³/mol. The van der Waals surface area contributed by atoms with Crippen molar-refractivity contribution in [2.45, 2.75) is 31.8 Å². The molecule has 2 aromatic heterocycles. The summed E-state index contributed by atoms with van der Waals surface area (Å²) in [7, 11) is 1.91. The maximum absolute atomic E-state index is 9.93. The Bertz CT molecular complexity index is 467. The number of rotatable bonds is 6. The first kappa shape index (κ1) is 12.8. The van der Waals surface area contributed by atoms with E-state index in [0.29, 0.717) is 0 Å². The Morgan fingerprint density at radius 2 is 2.00 bits per heavy atom. The van der Waals surface area contributed by atoms with Gasteiger partial charge in [-0.05, 0) is 42.9 Å². The Labute approximate surface area is 107 Å². The van der Waals surface area contributed by atoms with Gasteiger partial charge in [-0.25, -0.2) is 0 Å². The Morgan fingerprint density at radius 1 is 1.22 bits per heavy atom. The van der Waals surface area contributed by atoms with Gasteiger partial charge in [-0.15, -0.1) is 0 Å². The second-order valence-corrected chi connectivity index (χ2v) is 4.61. The van der Waals surface area contributed by atoms with E-state index in [1.165, 1.54) is 11.1 Å². The van der Waals surface area contributed by atoms with Crippen LogP contribution in [0.2, 0.25) is 0 Å². The fourth-order valence-corrected chi connectivity index (χ4v) is 1.96. The molecule has 0 spiro atoms. The molecular formula is C14H19N3O. The second-order valence-electron chi connectivity index (χ2n) is 4.61. The van der Waals surface area contributed by atoms with Crippen LogP contribution in [0.5, 0.6) is 0 Å². The highest BCUT2D eigenvalue weighted by molar-refractivity contribution is 5.08. The van der Waals surface area contributed by atoms with Gasteiger partial charge in [-0.3, -0.25) is 9.67 Å². The lowest BCUT2D eigenvalue weighted by molar-refractivity contribution is 0.155. The first-order chi connectivity index (χ1) is 8.74. The van der Waals surface area contributed by atoms with Gasteiger partial charge >= 0.3 is 0 Å². The zero-order valence-electron chi connectivity index (χ0n) is 10.7. The molecule has 2 rings (SSSR count). The van der Waals surface area contributed by atoms with Gasteiger partial charge in [0.2, 0.25) is 0 Å². The van der Waals surface area contributed by atoms with Crippen LogP contribution in [0.1, 0.15) is 24.0 Å². The van der Waals surface area contributed by atoms with Crippen molar-refractivity contribution in [2.24, 2.45) is 7.05 Å². The molecule has 0 aromatic carbocycles. The van der Waals surface area contributed by atoms with Crippen molar-refractivity contribution in [1.82, 2.24) is 14.8 Å². The van der Waals surface area contributed by atoms with E-state index in [4.69, 9.17) is 0 Å². The zero-order chi connectivity index (χ0) is 12.8. The maximum Gasteiger partial charge on any atom is 0.0546 e. The van der Waals surface area contributed by atoms with Crippen LogP contribution in [0.15, 0.2) is 36.9 Å². The van der Waals surface area contributed by atoms with Crippen molar-refractivity contribution in [2.75, 3.05) is 0 Å². The molecule has 0 amide bonds. The molecule has 0 bridgehead atoms.